The number of carbonyl (C=O) groups excluding carboxylic acids is 1. The van der Waals surface area contributed by atoms with Gasteiger partial charge in [-0.25, -0.2) is 4.39 Å². The number of halogens is 1. The number of rotatable bonds is 3. The third kappa shape index (κ3) is 2.99. The lowest BCUT2D eigenvalue weighted by atomic mass is 10.2. The second-order valence-corrected chi connectivity index (χ2v) is 3.40. The van der Waals surface area contributed by atoms with Crippen molar-refractivity contribution in [1.82, 2.24) is 0 Å². The van der Waals surface area contributed by atoms with Crippen molar-refractivity contribution >= 4 is 28.8 Å². The van der Waals surface area contributed by atoms with Gasteiger partial charge in [0.05, 0.1) is 0 Å². The molecule has 5 heteroatoms. The predicted octanol–water partition coefficient (Wildman–Crippen LogP) is 1.81. The number of nitrogens with two attached hydrogens (primary N) is 1. The van der Waals surface area contributed by atoms with Crippen molar-refractivity contribution in [2.75, 3.05) is 5.32 Å². The summed E-state index contributed by atoms with van der Waals surface area (Å²) in [5.41, 5.74) is 5.96. The molecule has 1 aromatic carbocycles. The molecule has 0 spiro atoms. The van der Waals surface area contributed by atoms with E-state index in [2.05, 4.69) is 17.5 Å². The molecule has 3 nitrogen and oxygen atoms in total. The first kappa shape index (κ1) is 11.6. The summed E-state index contributed by atoms with van der Waals surface area (Å²) in [4.78, 5) is 11.1. The summed E-state index contributed by atoms with van der Waals surface area (Å²) < 4.78 is 13.2. The largest absolute Gasteiger partial charge is 0.389 e. The molecule has 0 atom stereocenters. The molecule has 0 aliphatic rings. The van der Waals surface area contributed by atoms with Gasteiger partial charge in [-0.15, -0.1) is 0 Å². The fraction of sp³-hybridized carbons (Fsp3) is 0.200. The molecule has 0 aliphatic heterocycles. The van der Waals surface area contributed by atoms with Crippen LogP contribution in [0.15, 0.2) is 18.2 Å². The Morgan fingerprint density at radius 3 is 2.80 bits per heavy atom. The van der Waals surface area contributed by atoms with Gasteiger partial charge in [0.25, 0.3) is 0 Å². The molecule has 1 aromatic rings. The fourth-order valence-corrected chi connectivity index (χ4v) is 1.20. The maximum atomic E-state index is 13.2. The summed E-state index contributed by atoms with van der Waals surface area (Å²) in [6, 6.07) is 4.11. The summed E-state index contributed by atoms with van der Waals surface area (Å²) in [6.07, 6.45) is 0.361. The molecule has 0 bridgehead atoms. The van der Waals surface area contributed by atoms with Gasteiger partial charge in [-0.2, -0.15) is 0 Å². The number of nitrogens with one attached hydrogen (secondary N) is 1. The van der Waals surface area contributed by atoms with E-state index in [0.29, 0.717) is 12.1 Å². The number of benzene rings is 1. The molecule has 1 rings (SSSR count). The molecule has 0 saturated carbocycles. The Labute approximate surface area is 92.5 Å². The predicted molar refractivity (Wildman–Crippen MR) is 61.2 cm³/mol. The molecule has 0 unspecified atom stereocenters. The third-order valence-corrected chi connectivity index (χ3v) is 2.06. The van der Waals surface area contributed by atoms with Crippen LogP contribution in [0.3, 0.4) is 0 Å². The van der Waals surface area contributed by atoms with Crippen LogP contribution in [0.2, 0.25) is 0 Å². The van der Waals surface area contributed by atoms with Gasteiger partial charge in [-0.05, 0) is 18.2 Å². The summed E-state index contributed by atoms with van der Waals surface area (Å²) in [5.74, 6) is -0.632. The Bertz CT molecular complexity index is 406. The van der Waals surface area contributed by atoms with Crippen LogP contribution in [0, 0.1) is 5.82 Å². The number of amides is 1. The van der Waals surface area contributed by atoms with E-state index in [4.69, 9.17) is 5.73 Å². The highest BCUT2D eigenvalue weighted by Crippen LogP contribution is 2.14. The average molecular weight is 226 g/mol. The van der Waals surface area contributed by atoms with Gasteiger partial charge in [-0.1, -0.05) is 19.1 Å². The summed E-state index contributed by atoms with van der Waals surface area (Å²) in [6.45, 7) is 1.73. The average Bonchev–Trinajstić information content (AvgIpc) is 2.20. The van der Waals surface area contributed by atoms with Gasteiger partial charge in [0.15, 0.2) is 0 Å². The molecule has 0 aliphatic carbocycles. The first-order chi connectivity index (χ1) is 7.04. The van der Waals surface area contributed by atoms with Gasteiger partial charge in [0.2, 0.25) is 5.91 Å². The summed E-state index contributed by atoms with van der Waals surface area (Å²) in [5, 5.41) is 2.59. The zero-order valence-electron chi connectivity index (χ0n) is 8.21. The van der Waals surface area contributed by atoms with Crippen LogP contribution in [-0.2, 0) is 4.79 Å². The number of anilines is 1. The highest BCUT2D eigenvalue weighted by molar-refractivity contribution is 7.80. The highest BCUT2D eigenvalue weighted by atomic mass is 32.1. The SMILES string of the molecule is CCC(=O)Nc1ccc(F)c(C(N)=S)c1. The van der Waals surface area contributed by atoms with Crippen LogP contribution >= 0.6 is 12.2 Å². The van der Waals surface area contributed by atoms with Crippen molar-refractivity contribution in [3.63, 3.8) is 0 Å². The van der Waals surface area contributed by atoms with Crippen molar-refractivity contribution in [3.05, 3.63) is 29.6 Å². The van der Waals surface area contributed by atoms with Crippen molar-refractivity contribution in [2.45, 2.75) is 13.3 Å². The maximum Gasteiger partial charge on any atom is 0.224 e. The minimum atomic E-state index is -0.489. The molecule has 0 radical (unpaired) electrons. The second kappa shape index (κ2) is 4.84. The number of hydrogen-bond donors (Lipinski definition) is 2. The first-order valence-corrected chi connectivity index (χ1v) is 4.84. The van der Waals surface area contributed by atoms with Crippen LogP contribution in [0.5, 0.6) is 0 Å². The van der Waals surface area contributed by atoms with E-state index in [-0.39, 0.29) is 16.5 Å². The van der Waals surface area contributed by atoms with E-state index in [1.807, 2.05) is 0 Å². The van der Waals surface area contributed by atoms with E-state index < -0.39 is 5.82 Å². The minimum Gasteiger partial charge on any atom is -0.389 e. The van der Waals surface area contributed by atoms with Crippen molar-refractivity contribution < 1.29 is 9.18 Å². The standard InChI is InChI=1S/C10H11FN2OS/c1-2-9(14)13-6-3-4-8(11)7(5-6)10(12)15/h3-5H,2H2,1H3,(H2,12,15)(H,13,14). The zero-order valence-corrected chi connectivity index (χ0v) is 9.03. The van der Waals surface area contributed by atoms with E-state index in [9.17, 15) is 9.18 Å². The van der Waals surface area contributed by atoms with E-state index in [1.165, 1.54) is 18.2 Å². The molecule has 80 valence electrons. The van der Waals surface area contributed by atoms with Crippen LogP contribution in [0.1, 0.15) is 18.9 Å². The van der Waals surface area contributed by atoms with E-state index >= 15 is 0 Å². The molecule has 0 fully saturated rings. The topological polar surface area (TPSA) is 55.1 Å². The van der Waals surface area contributed by atoms with Crippen molar-refractivity contribution in [1.29, 1.82) is 0 Å². The van der Waals surface area contributed by atoms with E-state index in [0.717, 1.165) is 0 Å². The molecular formula is C10H11FN2OS. The Morgan fingerprint density at radius 2 is 2.27 bits per heavy atom. The maximum absolute atomic E-state index is 13.2. The van der Waals surface area contributed by atoms with Gasteiger partial charge >= 0.3 is 0 Å². The zero-order chi connectivity index (χ0) is 11.4. The number of hydrogen-bond acceptors (Lipinski definition) is 2. The lowest BCUT2D eigenvalue weighted by molar-refractivity contribution is -0.115. The van der Waals surface area contributed by atoms with Crippen LogP contribution < -0.4 is 11.1 Å². The Hall–Kier alpha value is -1.49. The first-order valence-electron chi connectivity index (χ1n) is 4.43. The van der Waals surface area contributed by atoms with Gasteiger partial charge in [0, 0.05) is 17.7 Å². The minimum absolute atomic E-state index is 0.0277. The van der Waals surface area contributed by atoms with Crippen molar-refractivity contribution in [2.24, 2.45) is 5.73 Å². The van der Waals surface area contributed by atoms with Crippen molar-refractivity contribution in [3.8, 4) is 0 Å². The highest BCUT2D eigenvalue weighted by Gasteiger charge is 2.07. The third-order valence-electron chi connectivity index (χ3n) is 1.84. The lowest BCUT2D eigenvalue weighted by Crippen LogP contribution is -2.14. The van der Waals surface area contributed by atoms with Gasteiger partial charge < -0.3 is 11.1 Å². The summed E-state index contributed by atoms with van der Waals surface area (Å²) >= 11 is 4.68. The molecule has 0 aromatic heterocycles. The Balaban J connectivity index is 2.97. The number of carbonyl (C=O) groups is 1. The molecule has 0 saturated heterocycles. The fourth-order valence-electron chi connectivity index (χ4n) is 1.04. The van der Waals surface area contributed by atoms with Gasteiger partial charge in [0.1, 0.15) is 10.8 Å². The lowest BCUT2D eigenvalue weighted by Gasteiger charge is -2.06. The quantitative estimate of drug-likeness (QED) is 0.773. The monoisotopic (exact) mass is 226 g/mol. The van der Waals surface area contributed by atoms with E-state index in [1.54, 1.807) is 6.92 Å². The molecular weight excluding hydrogens is 215 g/mol. The molecule has 1 amide bonds. The van der Waals surface area contributed by atoms with Crippen LogP contribution in [0.25, 0.3) is 0 Å². The Morgan fingerprint density at radius 1 is 1.60 bits per heavy atom. The number of thiocarbonyl (C=S) groups is 1. The van der Waals surface area contributed by atoms with Gasteiger partial charge in [-0.3, -0.25) is 4.79 Å². The molecule has 3 N–H and O–H groups in total. The second-order valence-electron chi connectivity index (χ2n) is 2.96. The van der Waals surface area contributed by atoms with Crippen LogP contribution in [0.4, 0.5) is 10.1 Å². The molecule has 0 heterocycles. The smallest absolute Gasteiger partial charge is 0.224 e. The normalized spacial score (nSPS) is 9.73. The molecule has 15 heavy (non-hydrogen) atoms. The summed E-state index contributed by atoms with van der Waals surface area (Å²) in [7, 11) is 0. The van der Waals surface area contributed by atoms with Crippen LogP contribution in [-0.4, -0.2) is 10.9 Å². The Kier molecular flexibility index (Phi) is 3.74.